The second-order valence-electron chi connectivity index (χ2n) is 5.76. The van der Waals surface area contributed by atoms with Crippen molar-refractivity contribution < 1.29 is 14.7 Å². The van der Waals surface area contributed by atoms with E-state index in [1.165, 1.54) is 0 Å². The maximum atomic E-state index is 12.2. The van der Waals surface area contributed by atoms with E-state index in [9.17, 15) is 9.59 Å². The number of hydrogen-bond donors (Lipinski definition) is 2. The Morgan fingerprint density at radius 1 is 1.48 bits per heavy atom. The lowest BCUT2D eigenvalue weighted by atomic mass is 10.2. The maximum Gasteiger partial charge on any atom is 0.347 e. The van der Waals surface area contributed by atoms with Gasteiger partial charge in [0.25, 0.3) is 0 Å². The van der Waals surface area contributed by atoms with E-state index in [2.05, 4.69) is 24.1 Å². The number of thiazole rings is 1. The van der Waals surface area contributed by atoms with Crippen LogP contribution < -0.4 is 5.32 Å². The lowest BCUT2D eigenvalue weighted by molar-refractivity contribution is 0.0701. The first kappa shape index (κ1) is 15.8. The summed E-state index contributed by atoms with van der Waals surface area (Å²) in [6.07, 6.45) is 2.14. The number of carbonyl (C=O) groups is 2. The molecule has 1 heterocycles. The molecular formula is C14H21N3O3S. The summed E-state index contributed by atoms with van der Waals surface area (Å²) in [5, 5.41) is 12.5. The summed E-state index contributed by atoms with van der Waals surface area (Å²) in [6, 6.07) is 0.274. The number of carboxylic acid groups (broad SMARTS) is 1. The van der Waals surface area contributed by atoms with E-state index in [4.69, 9.17) is 5.11 Å². The number of aryl methyl sites for hydroxylation is 1. The van der Waals surface area contributed by atoms with Crippen molar-refractivity contribution in [3.8, 4) is 0 Å². The summed E-state index contributed by atoms with van der Waals surface area (Å²) in [5.74, 6) is -0.543. The standard InChI is InChI=1S/C14H21N3O3S/c1-8(2)7-17(10-4-5-10)14(20)15-6-11-16-9(3)12(21-11)13(18)19/h8,10H,4-7H2,1-3H3,(H,15,20)(H,18,19). The molecule has 0 unspecified atom stereocenters. The largest absolute Gasteiger partial charge is 0.477 e. The number of rotatable bonds is 6. The van der Waals surface area contributed by atoms with Gasteiger partial charge in [-0.15, -0.1) is 11.3 Å². The van der Waals surface area contributed by atoms with Crippen LogP contribution in [0.25, 0.3) is 0 Å². The molecule has 2 rings (SSSR count). The molecule has 0 aliphatic heterocycles. The molecule has 0 atom stereocenters. The molecule has 116 valence electrons. The third-order valence-electron chi connectivity index (χ3n) is 3.24. The van der Waals surface area contributed by atoms with E-state index in [1.54, 1.807) is 6.92 Å². The third-order valence-corrected chi connectivity index (χ3v) is 4.38. The first-order valence-corrected chi connectivity index (χ1v) is 7.94. The van der Waals surface area contributed by atoms with Gasteiger partial charge in [0.15, 0.2) is 0 Å². The first-order chi connectivity index (χ1) is 9.88. The van der Waals surface area contributed by atoms with Gasteiger partial charge in [0.05, 0.1) is 12.2 Å². The number of aromatic nitrogens is 1. The number of carboxylic acids is 1. The highest BCUT2D eigenvalue weighted by molar-refractivity contribution is 7.13. The molecule has 1 aromatic rings. The summed E-state index contributed by atoms with van der Waals surface area (Å²) in [5.41, 5.74) is 0.498. The SMILES string of the molecule is Cc1nc(CNC(=O)N(CC(C)C)C2CC2)sc1C(=O)O. The van der Waals surface area contributed by atoms with Gasteiger partial charge in [-0.1, -0.05) is 13.8 Å². The maximum absolute atomic E-state index is 12.2. The van der Waals surface area contributed by atoms with Gasteiger partial charge in [-0.2, -0.15) is 0 Å². The van der Waals surface area contributed by atoms with Gasteiger partial charge in [0.2, 0.25) is 0 Å². The molecule has 6 nitrogen and oxygen atoms in total. The highest BCUT2D eigenvalue weighted by Crippen LogP contribution is 2.27. The van der Waals surface area contributed by atoms with E-state index in [0.717, 1.165) is 30.7 Å². The van der Waals surface area contributed by atoms with E-state index in [1.807, 2.05) is 4.90 Å². The van der Waals surface area contributed by atoms with Gasteiger partial charge < -0.3 is 15.3 Å². The Kier molecular flexibility index (Phi) is 4.82. The highest BCUT2D eigenvalue weighted by Gasteiger charge is 2.32. The van der Waals surface area contributed by atoms with Crippen molar-refractivity contribution in [2.24, 2.45) is 5.92 Å². The second-order valence-corrected chi connectivity index (χ2v) is 6.85. The fraction of sp³-hybridized carbons (Fsp3) is 0.643. The monoisotopic (exact) mass is 311 g/mol. The zero-order chi connectivity index (χ0) is 15.6. The summed E-state index contributed by atoms with van der Waals surface area (Å²) in [7, 11) is 0. The van der Waals surface area contributed by atoms with Crippen LogP contribution in [-0.2, 0) is 6.54 Å². The normalized spacial score (nSPS) is 14.3. The fourth-order valence-corrected chi connectivity index (χ4v) is 3.00. The number of carbonyl (C=O) groups excluding carboxylic acids is 1. The van der Waals surface area contributed by atoms with Crippen LogP contribution in [0.4, 0.5) is 4.79 Å². The minimum absolute atomic E-state index is 0.0871. The third kappa shape index (κ3) is 4.17. The summed E-state index contributed by atoms with van der Waals surface area (Å²) < 4.78 is 0. The molecule has 0 saturated heterocycles. The summed E-state index contributed by atoms with van der Waals surface area (Å²) in [6.45, 7) is 6.87. The van der Waals surface area contributed by atoms with Crippen LogP contribution in [0.15, 0.2) is 0 Å². The zero-order valence-corrected chi connectivity index (χ0v) is 13.4. The van der Waals surface area contributed by atoms with Crippen molar-refractivity contribution in [1.29, 1.82) is 0 Å². The number of amides is 2. The molecular weight excluding hydrogens is 290 g/mol. The Hall–Kier alpha value is -1.63. The average molecular weight is 311 g/mol. The van der Waals surface area contributed by atoms with Crippen molar-refractivity contribution in [3.63, 3.8) is 0 Å². The van der Waals surface area contributed by atoms with E-state index in [0.29, 0.717) is 22.7 Å². The number of nitrogens with zero attached hydrogens (tertiary/aromatic N) is 2. The van der Waals surface area contributed by atoms with Crippen LogP contribution in [0.5, 0.6) is 0 Å². The molecule has 2 amide bonds. The van der Waals surface area contributed by atoms with Crippen molar-refractivity contribution in [2.45, 2.75) is 46.2 Å². The van der Waals surface area contributed by atoms with Crippen LogP contribution in [-0.4, -0.2) is 39.6 Å². The van der Waals surface area contributed by atoms with Crippen molar-refractivity contribution in [3.05, 3.63) is 15.6 Å². The molecule has 0 bridgehead atoms. The Morgan fingerprint density at radius 2 is 2.14 bits per heavy atom. The van der Waals surface area contributed by atoms with Crippen molar-refractivity contribution in [2.75, 3.05) is 6.54 Å². The van der Waals surface area contributed by atoms with Crippen molar-refractivity contribution in [1.82, 2.24) is 15.2 Å². The predicted molar refractivity (Wildman–Crippen MR) is 80.6 cm³/mol. The number of hydrogen-bond acceptors (Lipinski definition) is 4. The lowest BCUT2D eigenvalue weighted by Gasteiger charge is -2.24. The topological polar surface area (TPSA) is 82.5 Å². The van der Waals surface area contributed by atoms with Gasteiger partial charge in [-0.3, -0.25) is 0 Å². The minimum Gasteiger partial charge on any atom is -0.477 e. The van der Waals surface area contributed by atoms with Gasteiger partial charge in [-0.25, -0.2) is 14.6 Å². The average Bonchev–Trinajstić information content (AvgIpc) is 3.16. The fourth-order valence-electron chi connectivity index (χ4n) is 2.16. The Balaban J connectivity index is 1.93. The van der Waals surface area contributed by atoms with Crippen LogP contribution in [0, 0.1) is 12.8 Å². The smallest absolute Gasteiger partial charge is 0.347 e. The number of aromatic carboxylic acids is 1. The van der Waals surface area contributed by atoms with Crippen LogP contribution >= 0.6 is 11.3 Å². The molecule has 21 heavy (non-hydrogen) atoms. The quantitative estimate of drug-likeness (QED) is 0.845. The molecule has 1 saturated carbocycles. The van der Waals surface area contributed by atoms with Gasteiger partial charge >= 0.3 is 12.0 Å². The van der Waals surface area contributed by atoms with Gasteiger partial charge in [0, 0.05) is 12.6 Å². The molecule has 1 fully saturated rings. The van der Waals surface area contributed by atoms with E-state index >= 15 is 0 Å². The molecule has 1 aliphatic carbocycles. The highest BCUT2D eigenvalue weighted by atomic mass is 32.1. The molecule has 1 aliphatic rings. The molecule has 0 radical (unpaired) electrons. The Morgan fingerprint density at radius 3 is 2.62 bits per heavy atom. The second kappa shape index (κ2) is 6.43. The molecule has 1 aromatic heterocycles. The molecule has 7 heteroatoms. The van der Waals surface area contributed by atoms with Gasteiger partial charge in [0.1, 0.15) is 9.88 Å². The Labute approximate surface area is 128 Å². The van der Waals surface area contributed by atoms with E-state index < -0.39 is 5.97 Å². The first-order valence-electron chi connectivity index (χ1n) is 7.12. The minimum atomic E-state index is -0.970. The molecule has 0 aromatic carbocycles. The summed E-state index contributed by atoms with van der Waals surface area (Å²) in [4.78, 5) is 29.5. The van der Waals surface area contributed by atoms with E-state index in [-0.39, 0.29) is 17.5 Å². The van der Waals surface area contributed by atoms with Gasteiger partial charge in [-0.05, 0) is 25.7 Å². The zero-order valence-electron chi connectivity index (χ0n) is 12.5. The van der Waals surface area contributed by atoms with Crippen LogP contribution in [0.1, 0.15) is 47.1 Å². The van der Waals surface area contributed by atoms with Crippen molar-refractivity contribution >= 4 is 23.3 Å². The lowest BCUT2D eigenvalue weighted by Crippen LogP contribution is -2.42. The number of urea groups is 1. The Bertz CT molecular complexity index is 538. The van der Waals surface area contributed by atoms with Crippen LogP contribution in [0.3, 0.4) is 0 Å². The predicted octanol–water partition coefficient (Wildman–Crippen LogP) is 2.48. The molecule has 2 N–H and O–H groups in total. The van der Waals surface area contributed by atoms with Crippen LogP contribution in [0.2, 0.25) is 0 Å². The molecule has 0 spiro atoms. The number of nitrogens with one attached hydrogen (secondary N) is 1. The summed E-state index contributed by atoms with van der Waals surface area (Å²) >= 11 is 1.12.